The quantitative estimate of drug-likeness (QED) is 0.0423. The number of aryl methyl sites for hydroxylation is 3. The van der Waals surface area contributed by atoms with Crippen LogP contribution in [0.5, 0.6) is 11.5 Å². The molecule has 9 rings (SSSR count). The zero-order chi connectivity index (χ0) is 68.0. The van der Waals surface area contributed by atoms with Crippen LogP contribution in [0.25, 0.3) is 0 Å². The summed E-state index contributed by atoms with van der Waals surface area (Å²) in [6.45, 7) is 1.84. The highest BCUT2D eigenvalue weighted by atomic mass is 35.5. The number of amides is 1. The van der Waals surface area contributed by atoms with E-state index in [1.807, 2.05) is 30.3 Å². The molecule has 1 amide bonds. The van der Waals surface area contributed by atoms with Crippen LogP contribution in [0.1, 0.15) is 81.1 Å². The van der Waals surface area contributed by atoms with E-state index in [0.717, 1.165) is 53.6 Å². The monoisotopic (exact) mass is 1330 g/mol. The number of hydrogen-bond acceptors (Lipinski definition) is 6. The van der Waals surface area contributed by atoms with Crippen LogP contribution in [0.4, 0.5) is 80.3 Å². The molecule has 9 aromatic rings. The summed E-state index contributed by atoms with van der Waals surface area (Å²) in [7, 11) is 0. The Labute approximate surface area is 524 Å². The largest absolute Gasteiger partial charge is 0.461 e. The minimum Gasteiger partial charge on any atom is -0.428 e. The van der Waals surface area contributed by atoms with Crippen molar-refractivity contribution >= 4 is 34.2 Å². The first kappa shape index (κ1) is 70.7. The van der Waals surface area contributed by atoms with E-state index < -0.39 is 111 Å². The van der Waals surface area contributed by atoms with E-state index in [2.05, 4.69) is 20.1 Å². The summed E-state index contributed by atoms with van der Waals surface area (Å²) in [5.74, 6) is -9.84. The Kier molecular flexibility index (Phi) is 23.3. The summed E-state index contributed by atoms with van der Waals surface area (Å²) in [5.41, 5.74) is -2.49. The second-order valence-corrected chi connectivity index (χ2v) is 20.7. The Hall–Kier alpha value is -9.71. The molecule has 0 spiro atoms. The van der Waals surface area contributed by atoms with Crippen molar-refractivity contribution in [2.24, 2.45) is 0 Å². The number of rotatable bonds is 21. The van der Waals surface area contributed by atoms with Crippen molar-refractivity contribution in [3.05, 3.63) is 302 Å². The molecule has 0 saturated heterocycles. The van der Waals surface area contributed by atoms with E-state index in [1.165, 1.54) is 36.4 Å². The first-order valence-electron chi connectivity index (χ1n) is 27.3. The van der Waals surface area contributed by atoms with E-state index in [-0.39, 0.29) is 59.2 Å². The molecule has 0 bridgehead atoms. The SMILES string of the molecule is Cc1cc(C(=O)Cl)ccc1F.O=C(N[C@@](Cc1ccccc1)(c1cc(F)cc(OC(F)(F)C(F)F)c1)c1ccc(F)c(CCc2ccccc2)c1)c1ccc(F)c(C(F)(F)F)c1.O=C(c1cc(F)cc(OC(F)(F)C(F)F)c1)c1ccc(F)c(NCc2ccccc2)c1. The van der Waals surface area contributed by atoms with Crippen molar-refractivity contribution in [3.8, 4) is 11.5 Å². The lowest BCUT2D eigenvalue weighted by Crippen LogP contribution is -2.49. The molecule has 0 aliphatic heterocycles. The molecule has 0 heterocycles. The van der Waals surface area contributed by atoms with Crippen LogP contribution in [0, 0.1) is 41.8 Å². The van der Waals surface area contributed by atoms with Crippen LogP contribution in [0.3, 0.4) is 0 Å². The fourth-order valence-corrected chi connectivity index (χ4v) is 9.24. The third-order valence-corrected chi connectivity index (χ3v) is 13.9. The Balaban J connectivity index is 0.000000245. The van der Waals surface area contributed by atoms with Gasteiger partial charge in [0, 0.05) is 47.4 Å². The molecule has 9 aromatic carbocycles. The Bertz CT molecular complexity index is 4070. The molecule has 2 N–H and O–H groups in total. The van der Waals surface area contributed by atoms with Crippen LogP contribution in [0.2, 0.25) is 0 Å². The molecule has 0 aromatic heterocycles. The highest BCUT2D eigenvalue weighted by Crippen LogP contribution is 2.40. The lowest BCUT2D eigenvalue weighted by molar-refractivity contribution is -0.253. The van der Waals surface area contributed by atoms with Gasteiger partial charge in [-0.25, -0.2) is 26.3 Å². The molecule has 0 fully saturated rings. The van der Waals surface area contributed by atoms with Gasteiger partial charge in [-0.2, -0.15) is 48.3 Å². The fraction of sp³-hybridized carbons (Fsp3) is 0.162. The second kappa shape index (κ2) is 30.6. The van der Waals surface area contributed by atoms with Crippen LogP contribution >= 0.6 is 11.6 Å². The highest BCUT2D eigenvalue weighted by molar-refractivity contribution is 6.67. The van der Waals surface area contributed by atoms with E-state index in [4.69, 9.17) is 11.6 Å². The third-order valence-electron chi connectivity index (χ3n) is 13.7. The standard InChI is InChI=1S/C38H27F10NO2.C22H15F6NO2.C8H6ClFO/c39-29-19-28(20-30(21-29)51-38(47,48)35(42)43)36(22-24-9-5-2-6-10-24,49-34(50)26-13-15-33(41)31(18-26)37(44,45)46)27-14-16-32(40)25(17-27)12-11-23-7-3-1-4-8-23;23-16-8-15(9-17(11-16)31-22(27,28)21(25)26)20(30)14-6-7-18(24)19(10-14)29-12-13-4-2-1-3-5-13;1-5-4-6(8(9)11)2-3-7(5)10/h1-10,13-21,35H,11-12,22H2,(H,49,50);1-11,21,29H,12H2;2-4H,1H3/t36-;;/m1../s1. The zero-order valence-corrected chi connectivity index (χ0v) is 48.6. The summed E-state index contributed by atoms with van der Waals surface area (Å²) < 4.78 is 239. The number of benzene rings is 9. The molecular formula is C68H48ClF17N2O5. The minimum atomic E-state index is -5.20. The van der Waals surface area contributed by atoms with Gasteiger partial charge in [-0.1, -0.05) is 103 Å². The van der Waals surface area contributed by atoms with E-state index in [1.54, 1.807) is 67.6 Å². The van der Waals surface area contributed by atoms with Crippen molar-refractivity contribution < 1.29 is 98.5 Å². The molecule has 7 nitrogen and oxygen atoms in total. The number of ketones is 1. The number of carbonyl (C=O) groups excluding carboxylic acids is 3. The van der Waals surface area contributed by atoms with Gasteiger partial charge >= 0.3 is 31.2 Å². The van der Waals surface area contributed by atoms with Gasteiger partial charge in [0.1, 0.15) is 46.4 Å². The fourth-order valence-electron chi connectivity index (χ4n) is 9.12. The third kappa shape index (κ3) is 19.2. The van der Waals surface area contributed by atoms with Crippen LogP contribution in [-0.4, -0.2) is 42.0 Å². The van der Waals surface area contributed by atoms with Crippen LogP contribution in [0.15, 0.2) is 200 Å². The summed E-state index contributed by atoms with van der Waals surface area (Å²) in [5, 5.41) is 4.85. The molecule has 486 valence electrons. The van der Waals surface area contributed by atoms with Crippen molar-refractivity contribution in [3.63, 3.8) is 0 Å². The molecule has 0 saturated carbocycles. The van der Waals surface area contributed by atoms with Gasteiger partial charge in [-0.3, -0.25) is 14.4 Å². The number of nitrogens with one attached hydrogen (secondary N) is 2. The average molecular weight is 1330 g/mol. The van der Waals surface area contributed by atoms with E-state index in [0.29, 0.717) is 47.4 Å². The van der Waals surface area contributed by atoms with Crippen LogP contribution in [-0.2, 0) is 37.5 Å². The Morgan fingerprint density at radius 3 is 1.56 bits per heavy atom. The molecule has 93 heavy (non-hydrogen) atoms. The lowest BCUT2D eigenvalue weighted by Gasteiger charge is -2.37. The average Bonchev–Trinajstić information content (AvgIpc) is 0.756. The molecule has 25 heteroatoms. The number of ether oxygens (including phenoxy) is 2. The summed E-state index contributed by atoms with van der Waals surface area (Å²) in [6, 6.07) is 42.2. The predicted molar refractivity (Wildman–Crippen MR) is 311 cm³/mol. The minimum absolute atomic E-state index is 0.00758. The van der Waals surface area contributed by atoms with E-state index >= 15 is 8.78 Å². The Morgan fingerprint density at radius 2 is 0.989 bits per heavy atom. The maximum Gasteiger partial charge on any atom is 0.461 e. The maximum atomic E-state index is 15.3. The van der Waals surface area contributed by atoms with Crippen molar-refractivity contribution in [2.75, 3.05) is 5.32 Å². The number of carbonyl (C=O) groups is 3. The van der Waals surface area contributed by atoms with Crippen molar-refractivity contribution in [1.82, 2.24) is 5.32 Å². The van der Waals surface area contributed by atoms with Crippen LogP contribution < -0.4 is 20.1 Å². The number of alkyl halides is 11. The second-order valence-electron chi connectivity index (χ2n) is 20.4. The van der Waals surface area contributed by atoms with Crippen molar-refractivity contribution in [1.29, 1.82) is 0 Å². The first-order valence-corrected chi connectivity index (χ1v) is 27.7. The summed E-state index contributed by atoms with van der Waals surface area (Å²) >= 11 is 5.17. The summed E-state index contributed by atoms with van der Waals surface area (Å²) in [6.07, 6.45) is -23.5. The number of hydrogen-bond donors (Lipinski definition) is 2. The van der Waals surface area contributed by atoms with Gasteiger partial charge in [0.05, 0.1) is 16.8 Å². The van der Waals surface area contributed by atoms with Crippen molar-refractivity contribution in [2.45, 2.75) is 69.5 Å². The number of anilines is 1. The van der Waals surface area contributed by atoms with Gasteiger partial charge in [-0.05, 0) is 155 Å². The molecular weight excluding hydrogens is 1280 g/mol. The molecule has 1 atom stereocenters. The number of halogens is 18. The topological polar surface area (TPSA) is 93.7 Å². The molecule has 0 aliphatic rings. The molecule has 0 radical (unpaired) electrons. The Morgan fingerprint density at radius 1 is 0.473 bits per heavy atom. The molecule has 0 unspecified atom stereocenters. The smallest absolute Gasteiger partial charge is 0.428 e. The molecule has 0 aliphatic carbocycles. The van der Waals surface area contributed by atoms with Gasteiger partial charge in [0.15, 0.2) is 5.78 Å². The predicted octanol–water partition coefficient (Wildman–Crippen LogP) is 18.6. The van der Waals surface area contributed by atoms with Gasteiger partial charge in [0.2, 0.25) is 0 Å². The maximum absolute atomic E-state index is 15.3. The summed E-state index contributed by atoms with van der Waals surface area (Å²) in [4.78, 5) is 37.2. The lowest BCUT2D eigenvalue weighted by atomic mass is 9.76. The normalized spacial score (nSPS) is 12.2. The zero-order valence-electron chi connectivity index (χ0n) is 47.9. The van der Waals surface area contributed by atoms with Gasteiger partial charge in [0.25, 0.3) is 11.1 Å². The van der Waals surface area contributed by atoms with Gasteiger partial charge < -0.3 is 20.1 Å². The van der Waals surface area contributed by atoms with Gasteiger partial charge in [-0.15, -0.1) is 0 Å². The first-order chi connectivity index (χ1) is 43.8. The van der Waals surface area contributed by atoms with E-state index in [9.17, 15) is 80.2 Å². The highest BCUT2D eigenvalue weighted by Gasteiger charge is 2.46.